The number of nitrogens with zero attached hydrogens (tertiary/aromatic N) is 2. The van der Waals surface area contributed by atoms with Crippen LogP contribution in [0.15, 0.2) is 24.3 Å². The zero-order chi connectivity index (χ0) is 16.0. The van der Waals surface area contributed by atoms with Crippen molar-refractivity contribution < 1.29 is 4.79 Å². The molecule has 1 heterocycles. The molecule has 0 aromatic heterocycles. The Morgan fingerprint density at radius 3 is 2.36 bits per heavy atom. The van der Waals surface area contributed by atoms with Crippen LogP contribution in [-0.2, 0) is 4.79 Å². The maximum Gasteiger partial charge on any atom is 0.233 e. The lowest BCUT2D eigenvalue weighted by Gasteiger charge is -2.35. The van der Waals surface area contributed by atoms with Gasteiger partial charge >= 0.3 is 0 Å². The zero-order valence-electron chi connectivity index (χ0n) is 12.9. The van der Waals surface area contributed by atoms with Crippen LogP contribution in [-0.4, -0.2) is 48.4 Å². The number of likely N-dealkylation sites (N-methyl/N-ethyl adjacent to an activating group) is 1. The molecule has 1 aliphatic carbocycles. The lowest BCUT2D eigenvalue weighted by molar-refractivity contribution is -0.120. The van der Waals surface area contributed by atoms with Crippen molar-refractivity contribution in [2.45, 2.75) is 17.7 Å². The quantitative estimate of drug-likeness (QED) is 0.858. The van der Waals surface area contributed by atoms with E-state index in [2.05, 4.69) is 22.2 Å². The van der Waals surface area contributed by atoms with E-state index in [1.54, 1.807) is 6.92 Å². The van der Waals surface area contributed by atoms with Gasteiger partial charge in [-0.1, -0.05) is 12.1 Å². The van der Waals surface area contributed by atoms with Gasteiger partial charge in [0.1, 0.15) is 4.33 Å². The minimum absolute atomic E-state index is 0.112. The number of para-hydroxylation sites is 2. The van der Waals surface area contributed by atoms with E-state index in [0.29, 0.717) is 6.42 Å². The summed E-state index contributed by atoms with van der Waals surface area (Å²) in [6.07, 6.45) is 0.492. The number of carbonyl (C=O) groups is 1. The van der Waals surface area contributed by atoms with Crippen molar-refractivity contribution in [1.29, 1.82) is 0 Å². The highest BCUT2D eigenvalue weighted by atomic mass is 35.5. The first kappa shape index (κ1) is 15.9. The van der Waals surface area contributed by atoms with Crippen LogP contribution in [0.25, 0.3) is 0 Å². The number of benzene rings is 1. The summed E-state index contributed by atoms with van der Waals surface area (Å²) in [6.45, 7) is 5.75. The molecule has 1 aliphatic heterocycles. The zero-order valence-corrected chi connectivity index (χ0v) is 14.4. The Morgan fingerprint density at radius 2 is 1.77 bits per heavy atom. The SMILES string of the molecule is CN1CCN(c2ccccc2NC(=O)C2(C)CC2(Cl)Cl)CC1. The molecular weight excluding hydrogens is 321 g/mol. The van der Waals surface area contributed by atoms with Crippen LogP contribution in [0.1, 0.15) is 13.3 Å². The standard InChI is InChI=1S/C16H21Cl2N3O/c1-15(11-16(15,17)18)14(22)19-12-5-3-4-6-13(12)21-9-7-20(2)8-10-21/h3-6H,7-11H2,1-2H3,(H,19,22). The van der Waals surface area contributed by atoms with Gasteiger partial charge in [-0.25, -0.2) is 0 Å². The maximum absolute atomic E-state index is 12.5. The molecule has 1 aromatic rings. The Balaban J connectivity index is 1.76. The summed E-state index contributed by atoms with van der Waals surface area (Å²) in [5.41, 5.74) is 1.18. The summed E-state index contributed by atoms with van der Waals surface area (Å²) in [5, 5.41) is 3.01. The number of nitrogens with one attached hydrogen (secondary N) is 1. The summed E-state index contributed by atoms with van der Waals surface area (Å²) in [7, 11) is 2.12. The number of hydrogen-bond donors (Lipinski definition) is 1. The van der Waals surface area contributed by atoms with Crippen molar-refractivity contribution in [2.24, 2.45) is 5.41 Å². The van der Waals surface area contributed by atoms with Crippen molar-refractivity contribution in [3.63, 3.8) is 0 Å². The fourth-order valence-electron chi connectivity index (χ4n) is 2.81. The fourth-order valence-corrected chi connectivity index (χ4v) is 3.52. The maximum atomic E-state index is 12.5. The van der Waals surface area contributed by atoms with E-state index in [1.165, 1.54) is 0 Å². The third kappa shape index (κ3) is 2.80. The lowest BCUT2D eigenvalue weighted by Crippen LogP contribution is -2.44. The largest absolute Gasteiger partial charge is 0.367 e. The van der Waals surface area contributed by atoms with Crippen LogP contribution < -0.4 is 10.2 Å². The lowest BCUT2D eigenvalue weighted by atomic mass is 10.1. The van der Waals surface area contributed by atoms with Gasteiger partial charge in [-0.15, -0.1) is 23.2 Å². The van der Waals surface area contributed by atoms with E-state index in [9.17, 15) is 4.79 Å². The van der Waals surface area contributed by atoms with Gasteiger partial charge in [0.15, 0.2) is 0 Å². The van der Waals surface area contributed by atoms with E-state index in [0.717, 1.165) is 37.6 Å². The molecule has 4 nitrogen and oxygen atoms in total. The van der Waals surface area contributed by atoms with Crippen LogP contribution >= 0.6 is 23.2 Å². The first-order chi connectivity index (χ1) is 10.3. The average molecular weight is 342 g/mol. The molecule has 3 rings (SSSR count). The Hall–Kier alpha value is -0.970. The molecule has 2 aliphatic rings. The molecule has 1 aromatic carbocycles. The van der Waals surface area contributed by atoms with Crippen LogP contribution in [0.5, 0.6) is 0 Å². The van der Waals surface area contributed by atoms with Gasteiger partial charge in [-0.3, -0.25) is 4.79 Å². The van der Waals surface area contributed by atoms with Crippen molar-refractivity contribution in [3.05, 3.63) is 24.3 Å². The molecule has 1 N–H and O–H groups in total. The molecule has 1 saturated heterocycles. The summed E-state index contributed by atoms with van der Waals surface area (Å²) in [4.78, 5) is 17.1. The van der Waals surface area contributed by atoms with E-state index >= 15 is 0 Å². The number of carbonyl (C=O) groups excluding carboxylic acids is 1. The van der Waals surface area contributed by atoms with Gasteiger partial charge in [0.05, 0.1) is 16.8 Å². The van der Waals surface area contributed by atoms with Crippen LogP contribution in [0.3, 0.4) is 0 Å². The van der Waals surface area contributed by atoms with E-state index in [-0.39, 0.29) is 5.91 Å². The Bertz CT molecular complexity index is 585. The molecular formula is C16H21Cl2N3O. The minimum Gasteiger partial charge on any atom is -0.367 e. The molecule has 6 heteroatoms. The van der Waals surface area contributed by atoms with Gasteiger partial charge < -0.3 is 15.1 Å². The Labute approximate surface area is 141 Å². The third-order valence-corrected chi connectivity index (χ3v) is 5.86. The molecule has 0 spiro atoms. The minimum atomic E-state index is -0.945. The highest BCUT2D eigenvalue weighted by Gasteiger charge is 2.67. The van der Waals surface area contributed by atoms with Crippen LogP contribution in [0.2, 0.25) is 0 Å². The molecule has 22 heavy (non-hydrogen) atoms. The second-order valence-electron chi connectivity index (χ2n) is 6.47. The van der Waals surface area contributed by atoms with Crippen LogP contribution in [0, 0.1) is 5.41 Å². The van der Waals surface area contributed by atoms with Gasteiger partial charge in [0, 0.05) is 26.2 Å². The second kappa shape index (κ2) is 5.59. The summed E-state index contributed by atoms with van der Waals surface area (Å²) in [6, 6.07) is 7.90. The first-order valence-electron chi connectivity index (χ1n) is 7.55. The Kier molecular flexibility index (Phi) is 4.04. The monoisotopic (exact) mass is 341 g/mol. The number of halogens is 2. The molecule has 1 saturated carbocycles. The van der Waals surface area contributed by atoms with Gasteiger partial charge in [0.25, 0.3) is 0 Å². The number of alkyl halides is 2. The number of hydrogen-bond acceptors (Lipinski definition) is 3. The topological polar surface area (TPSA) is 35.6 Å². The van der Waals surface area contributed by atoms with Gasteiger partial charge in [0.2, 0.25) is 5.91 Å². The number of anilines is 2. The number of rotatable bonds is 3. The summed E-state index contributed by atoms with van der Waals surface area (Å²) in [5.74, 6) is -0.112. The molecule has 0 bridgehead atoms. The summed E-state index contributed by atoms with van der Waals surface area (Å²) < 4.78 is -0.945. The molecule has 0 radical (unpaired) electrons. The highest BCUT2D eigenvalue weighted by molar-refractivity contribution is 6.53. The van der Waals surface area contributed by atoms with Gasteiger partial charge in [-0.2, -0.15) is 0 Å². The molecule has 1 unspecified atom stereocenters. The molecule has 2 fully saturated rings. The predicted molar refractivity (Wildman–Crippen MR) is 91.9 cm³/mol. The van der Waals surface area contributed by atoms with Crippen molar-refractivity contribution in [3.8, 4) is 0 Å². The second-order valence-corrected chi connectivity index (χ2v) is 7.96. The summed E-state index contributed by atoms with van der Waals surface area (Å²) >= 11 is 12.2. The van der Waals surface area contributed by atoms with E-state index in [4.69, 9.17) is 23.2 Å². The average Bonchev–Trinajstić information content (AvgIpc) is 3.01. The van der Waals surface area contributed by atoms with Crippen molar-refractivity contribution in [2.75, 3.05) is 43.4 Å². The van der Waals surface area contributed by atoms with E-state index in [1.807, 2.05) is 24.3 Å². The number of amides is 1. The molecule has 120 valence electrons. The van der Waals surface area contributed by atoms with Gasteiger partial charge in [-0.05, 0) is 32.5 Å². The van der Waals surface area contributed by atoms with E-state index < -0.39 is 9.75 Å². The van der Waals surface area contributed by atoms with Crippen molar-refractivity contribution >= 4 is 40.5 Å². The van der Waals surface area contributed by atoms with Crippen molar-refractivity contribution in [1.82, 2.24) is 4.90 Å². The van der Waals surface area contributed by atoms with Crippen LogP contribution in [0.4, 0.5) is 11.4 Å². The fraction of sp³-hybridized carbons (Fsp3) is 0.562. The Morgan fingerprint density at radius 1 is 1.18 bits per heavy atom. The highest BCUT2D eigenvalue weighted by Crippen LogP contribution is 2.64. The smallest absolute Gasteiger partial charge is 0.233 e. The molecule has 1 amide bonds. The number of piperazine rings is 1. The molecule has 1 atom stereocenters. The normalized spacial score (nSPS) is 27.5. The third-order valence-electron chi connectivity index (χ3n) is 4.76. The predicted octanol–water partition coefficient (Wildman–Crippen LogP) is 2.96. The first-order valence-corrected chi connectivity index (χ1v) is 8.31.